The molecule has 13 nitrogen and oxygen atoms in total. The Labute approximate surface area is 262 Å². The summed E-state index contributed by atoms with van der Waals surface area (Å²) in [4.78, 5) is 29.5. The number of allylic oxidation sites excluding steroid dienone is 2. The summed E-state index contributed by atoms with van der Waals surface area (Å²) in [6.07, 6.45) is 11.2. The highest BCUT2D eigenvalue weighted by molar-refractivity contribution is 7.94. The summed E-state index contributed by atoms with van der Waals surface area (Å²) in [6, 6.07) is 0. The lowest BCUT2D eigenvalue weighted by Gasteiger charge is -2.40. The second-order valence-corrected chi connectivity index (χ2v) is 14.5. The monoisotopic (exact) mass is 646 g/mol. The highest BCUT2D eigenvalue weighted by Gasteiger charge is 2.39. The Balaban J connectivity index is 0.000000175. The minimum atomic E-state index is -3.34. The molecular weight excluding hydrogens is 605 g/mol. The van der Waals surface area contributed by atoms with Crippen LogP contribution in [0, 0.1) is 0 Å². The fourth-order valence-electron chi connectivity index (χ4n) is 6.22. The van der Waals surface area contributed by atoms with Crippen molar-refractivity contribution < 1.29 is 22.3 Å². The highest BCUT2D eigenvalue weighted by Crippen LogP contribution is 2.39. The van der Waals surface area contributed by atoms with Crippen molar-refractivity contribution in [1.29, 1.82) is 0 Å². The fraction of sp³-hybridized carbons (Fsp3) is 0.517. The van der Waals surface area contributed by atoms with Gasteiger partial charge in [-0.3, -0.25) is 13.9 Å². The van der Waals surface area contributed by atoms with Gasteiger partial charge in [0.25, 0.3) is 0 Å². The van der Waals surface area contributed by atoms with Crippen LogP contribution in [0.4, 0.5) is 0 Å². The molecule has 0 spiro atoms. The third-order valence-electron chi connectivity index (χ3n) is 7.99. The number of fused-ring (bicyclic) bond motifs is 4. The quantitative estimate of drug-likeness (QED) is 0.407. The largest absolute Gasteiger partial charge is 0.352 e. The van der Waals surface area contributed by atoms with Crippen molar-refractivity contribution in [2.45, 2.75) is 34.1 Å². The van der Waals surface area contributed by atoms with Crippen LogP contribution in [0.5, 0.6) is 0 Å². The number of rotatable bonds is 7. The lowest BCUT2D eigenvalue weighted by molar-refractivity contribution is -0.0971. The van der Waals surface area contributed by atoms with Crippen LogP contribution >= 0.6 is 0 Å². The van der Waals surface area contributed by atoms with Gasteiger partial charge in [-0.1, -0.05) is 6.92 Å². The van der Waals surface area contributed by atoms with Crippen molar-refractivity contribution in [3.8, 4) is 0 Å². The van der Waals surface area contributed by atoms with Gasteiger partial charge in [0, 0.05) is 38.7 Å². The van der Waals surface area contributed by atoms with E-state index in [9.17, 15) is 12.6 Å². The first kappa shape index (κ1) is 32.0. The highest BCUT2D eigenvalue weighted by atomic mass is 32.2. The first-order valence-corrected chi connectivity index (χ1v) is 18.0. The van der Waals surface area contributed by atoms with E-state index >= 15 is 0 Å². The standard InChI is InChI=1S/C15H22N4O3S.C14H20N4O2S/c1-5-6-17-8-11(2)14(23(4,20)21)13-15(17)19-10-18(22-3)9-12(19)7-16-13;1-5-16-7-10(2)13(21(4)19)12-14(16)18-9-17(20-3)8-11(18)6-15-12/h7,9H,5-6,8,10H2,1-4H3;6,8H,5,7,9H2,1-4H3. The van der Waals surface area contributed by atoms with Crippen LogP contribution < -0.4 is 0 Å². The predicted molar refractivity (Wildman–Crippen MR) is 172 cm³/mol. The maximum absolute atomic E-state index is 12.3. The van der Waals surface area contributed by atoms with E-state index in [1.807, 2.05) is 32.5 Å². The number of hydroxylamine groups is 4. The number of nitrogens with zero attached hydrogens (tertiary/aromatic N) is 8. The molecular formula is C29H42N8O5S2. The lowest BCUT2D eigenvalue weighted by atomic mass is 10.1. The van der Waals surface area contributed by atoms with Gasteiger partial charge in [-0.2, -0.15) is 0 Å². The van der Waals surface area contributed by atoms with Gasteiger partial charge in [0.15, 0.2) is 9.84 Å². The zero-order valence-corrected chi connectivity index (χ0v) is 28.3. The van der Waals surface area contributed by atoms with E-state index in [1.54, 1.807) is 36.8 Å². The van der Waals surface area contributed by atoms with Crippen molar-refractivity contribution >= 4 is 33.1 Å². The van der Waals surface area contributed by atoms with Gasteiger partial charge in [0.1, 0.15) is 36.4 Å². The van der Waals surface area contributed by atoms with Gasteiger partial charge in [-0.15, -0.1) is 0 Å². The Morgan fingerprint density at radius 2 is 1.39 bits per heavy atom. The van der Waals surface area contributed by atoms with Gasteiger partial charge in [0.2, 0.25) is 0 Å². The summed E-state index contributed by atoms with van der Waals surface area (Å²) in [7, 11) is -1.13. The maximum atomic E-state index is 12.3. The number of likely N-dealkylation sites (N-methyl/N-ethyl adjacent to an activating group) is 1. The average molecular weight is 647 g/mol. The molecule has 6 heterocycles. The van der Waals surface area contributed by atoms with E-state index in [-0.39, 0.29) is 0 Å². The molecule has 1 unspecified atom stereocenters. The molecule has 240 valence electrons. The predicted octanol–water partition coefficient (Wildman–Crippen LogP) is 2.47. The summed E-state index contributed by atoms with van der Waals surface area (Å²) in [5.41, 5.74) is 5.24. The van der Waals surface area contributed by atoms with Gasteiger partial charge in [-0.25, -0.2) is 28.5 Å². The SMILES string of the molecule is CCCN1CC(C)=C(S(C)(=O)=O)C2=C1N1CN(OC)C=C1C=N2.CCN1CC(C)=C(S(C)=O)C2=C1N1CN(OC)C=C1C=N2. The maximum Gasteiger partial charge on any atom is 0.177 e. The lowest BCUT2D eigenvalue weighted by Crippen LogP contribution is -2.42. The Bertz CT molecular complexity index is 1600. The molecule has 0 aliphatic carbocycles. The van der Waals surface area contributed by atoms with Crippen molar-refractivity contribution in [1.82, 2.24) is 29.7 Å². The van der Waals surface area contributed by atoms with E-state index in [2.05, 4.69) is 43.4 Å². The normalized spacial score (nSPS) is 21.8. The van der Waals surface area contributed by atoms with Crippen LogP contribution in [0.1, 0.15) is 34.1 Å². The first-order chi connectivity index (χ1) is 20.9. The van der Waals surface area contributed by atoms with E-state index in [4.69, 9.17) is 9.68 Å². The van der Waals surface area contributed by atoms with Crippen LogP contribution in [-0.4, -0.2) is 121 Å². The summed E-state index contributed by atoms with van der Waals surface area (Å²) < 4.78 is 36.7. The van der Waals surface area contributed by atoms with E-state index in [0.29, 0.717) is 30.5 Å². The Kier molecular flexibility index (Phi) is 9.12. The number of aliphatic imine (C=N–C) groups is 2. The van der Waals surface area contributed by atoms with Crippen molar-refractivity contribution in [2.75, 3.05) is 66.2 Å². The minimum absolute atomic E-state index is 0.353. The van der Waals surface area contributed by atoms with Crippen LogP contribution in [0.2, 0.25) is 0 Å². The first-order valence-electron chi connectivity index (χ1n) is 14.5. The summed E-state index contributed by atoms with van der Waals surface area (Å²) in [5, 5.41) is 3.46. The third-order valence-corrected chi connectivity index (χ3v) is 10.4. The Hall–Kier alpha value is -3.40. The van der Waals surface area contributed by atoms with Crippen molar-refractivity contribution in [3.05, 3.63) is 67.8 Å². The molecule has 0 amide bonds. The number of hydrogen-bond donors (Lipinski definition) is 0. The molecule has 0 bridgehead atoms. The third kappa shape index (κ3) is 5.73. The number of hydrogen-bond acceptors (Lipinski definition) is 13. The summed E-state index contributed by atoms with van der Waals surface area (Å²) in [5.74, 6) is 1.88. The van der Waals surface area contributed by atoms with E-state index < -0.39 is 20.6 Å². The topological polar surface area (TPSA) is 114 Å². The smallest absolute Gasteiger partial charge is 0.177 e. The molecule has 44 heavy (non-hydrogen) atoms. The van der Waals surface area contributed by atoms with Crippen molar-refractivity contribution in [2.24, 2.45) is 9.98 Å². The molecule has 0 radical (unpaired) electrons. The van der Waals surface area contributed by atoms with Crippen LogP contribution in [0.25, 0.3) is 0 Å². The molecule has 0 saturated carbocycles. The van der Waals surface area contributed by atoms with Gasteiger partial charge >= 0.3 is 0 Å². The molecule has 0 aromatic carbocycles. The molecule has 0 N–H and O–H groups in total. The molecule has 0 saturated heterocycles. The zero-order valence-electron chi connectivity index (χ0n) is 26.7. The molecule has 15 heteroatoms. The Morgan fingerprint density at radius 3 is 1.86 bits per heavy atom. The summed E-state index contributed by atoms with van der Waals surface area (Å²) >= 11 is 0. The zero-order chi connectivity index (χ0) is 31.9. The number of sulfone groups is 1. The molecule has 6 rings (SSSR count). The Morgan fingerprint density at radius 1 is 0.864 bits per heavy atom. The molecule has 6 aliphatic rings. The second-order valence-electron chi connectivity index (χ2n) is 11.2. The van der Waals surface area contributed by atoms with Crippen LogP contribution in [-0.2, 0) is 30.3 Å². The second kappa shape index (κ2) is 12.5. The molecule has 0 aromatic rings. The molecule has 6 aliphatic heterocycles. The van der Waals surface area contributed by atoms with Crippen LogP contribution in [0.15, 0.2) is 77.8 Å². The van der Waals surface area contributed by atoms with Gasteiger partial charge in [0.05, 0.1) is 71.1 Å². The average Bonchev–Trinajstić information content (AvgIpc) is 3.59. The summed E-state index contributed by atoms with van der Waals surface area (Å²) in [6.45, 7) is 12.4. The van der Waals surface area contributed by atoms with Crippen molar-refractivity contribution in [3.63, 3.8) is 0 Å². The van der Waals surface area contributed by atoms with Gasteiger partial charge in [-0.05, 0) is 38.3 Å². The van der Waals surface area contributed by atoms with E-state index in [1.165, 1.54) is 6.26 Å². The molecule has 0 aromatic heterocycles. The van der Waals surface area contributed by atoms with Gasteiger partial charge < -0.3 is 19.6 Å². The molecule has 1 atom stereocenters. The minimum Gasteiger partial charge on any atom is -0.352 e. The van der Waals surface area contributed by atoms with E-state index in [0.717, 1.165) is 70.8 Å². The molecule has 0 fully saturated rings. The van der Waals surface area contributed by atoms with Crippen LogP contribution in [0.3, 0.4) is 0 Å². The fourth-order valence-corrected chi connectivity index (χ4v) is 8.38.